The fourth-order valence-corrected chi connectivity index (χ4v) is 1.24. The van der Waals surface area contributed by atoms with Crippen LogP contribution < -0.4 is 0 Å². The second-order valence-electron chi connectivity index (χ2n) is 1.60. The van der Waals surface area contributed by atoms with E-state index in [0.717, 1.165) is 0 Å². The fourth-order valence-electron chi connectivity index (χ4n) is 0.412. The first-order valence-electron chi connectivity index (χ1n) is 2.82. The summed E-state index contributed by atoms with van der Waals surface area (Å²) in [5, 5.41) is 0. The van der Waals surface area contributed by atoms with E-state index >= 15 is 0 Å². The SMILES string of the molecule is C=C(CP(OC)OC)OC. The maximum Gasteiger partial charge on any atom is 0.177 e. The molecule has 0 saturated heterocycles. The molecule has 0 atom stereocenters. The average molecular weight is 164 g/mol. The van der Waals surface area contributed by atoms with Gasteiger partial charge in [0.1, 0.15) is 0 Å². The van der Waals surface area contributed by atoms with E-state index in [1.165, 1.54) is 0 Å². The van der Waals surface area contributed by atoms with Gasteiger partial charge in [0.05, 0.1) is 19.0 Å². The smallest absolute Gasteiger partial charge is 0.177 e. The zero-order valence-corrected chi connectivity index (χ0v) is 7.48. The Hall–Kier alpha value is -0.110. The van der Waals surface area contributed by atoms with Crippen LogP contribution >= 0.6 is 8.38 Å². The summed E-state index contributed by atoms with van der Waals surface area (Å²) in [5.74, 6) is 0.690. The molecule has 0 aromatic heterocycles. The number of allylic oxidation sites excluding steroid dienone is 1. The van der Waals surface area contributed by atoms with Crippen LogP contribution in [0.15, 0.2) is 12.3 Å². The Morgan fingerprint density at radius 1 is 1.30 bits per heavy atom. The zero-order chi connectivity index (χ0) is 7.98. The molecule has 0 spiro atoms. The molecule has 0 aliphatic carbocycles. The molecule has 0 unspecified atom stereocenters. The standard InChI is InChI=1S/C6H13O3P/c1-6(7-2)5-10(8-3)9-4/h1,5H2,2-4H3. The molecule has 0 aromatic rings. The summed E-state index contributed by atoms with van der Waals surface area (Å²) in [6.07, 6.45) is 0.638. The molecule has 0 heterocycles. The molecule has 0 radical (unpaired) electrons. The van der Waals surface area contributed by atoms with Gasteiger partial charge in [-0.25, -0.2) is 0 Å². The highest BCUT2D eigenvalue weighted by Crippen LogP contribution is 2.37. The van der Waals surface area contributed by atoms with Gasteiger partial charge in [-0.2, -0.15) is 0 Å². The van der Waals surface area contributed by atoms with Crippen molar-refractivity contribution in [3.63, 3.8) is 0 Å². The number of rotatable bonds is 5. The molecule has 0 rings (SSSR count). The van der Waals surface area contributed by atoms with Crippen LogP contribution in [0.2, 0.25) is 0 Å². The lowest BCUT2D eigenvalue weighted by Gasteiger charge is -2.12. The minimum Gasteiger partial charge on any atom is -0.501 e. The van der Waals surface area contributed by atoms with Gasteiger partial charge in [0.15, 0.2) is 8.38 Å². The van der Waals surface area contributed by atoms with Crippen LogP contribution in [-0.2, 0) is 13.8 Å². The van der Waals surface area contributed by atoms with Gasteiger partial charge in [-0.15, -0.1) is 0 Å². The summed E-state index contributed by atoms with van der Waals surface area (Å²) in [6, 6.07) is 0. The molecule has 0 N–H and O–H groups in total. The summed E-state index contributed by atoms with van der Waals surface area (Å²) < 4.78 is 14.8. The van der Waals surface area contributed by atoms with Crippen LogP contribution in [-0.4, -0.2) is 27.5 Å². The molecule has 60 valence electrons. The molecule has 3 nitrogen and oxygen atoms in total. The molecular weight excluding hydrogens is 151 g/mol. The Labute approximate surface area is 62.9 Å². The van der Waals surface area contributed by atoms with Crippen LogP contribution in [0, 0.1) is 0 Å². The van der Waals surface area contributed by atoms with E-state index in [1.54, 1.807) is 21.3 Å². The van der Waals surface area contributed by atoms with Crippen molar-refractivity contribution in [2.45, 2.75) is 0 Å². The van der Waals surface area contributed by atoms with Gasteiger partial charge < -0.3 is 13.8 Å². The second-order valence-corrected chi connectivity index (χ2v) is 3.31. The highest BCUT2D eigenvalue weighted by Gasteiger charge is 2.07. The van der Waals surface area contributed by atoms with Crippen molar-refractivity contribution in [2.24, 2.45) is 0 Å². The molecule has 0 aliphatic heterocycles. The Morgan fingerprint density at radius 3 is 2.10 bits per heavy atom. The van der Waals surface area contributed by atoms with E-state index in [-0.39, 0.29) is 0 Å². The third-order valence-electron chi connectivity index (χ3n) is 1.00. The lowest BCUT2D eigenvalue weighted by atomic mass is 10.7. The molecule has 0 saturated carbocycles. The van der Waals surface area contributed by atoms with E-state index in [2.05, 4.69) is 6.58 Å². The van der Waals surface area contributed by atoms with Crippen LogP contribution in [0.1, 0.15) is 0 Å². The molecule has 0 bridgehead atoms. The minimum atomic E-state index is -0.826. The Kier molecular flexibility index (Phi) is 5.60. The largest absolute Gasteiger partial charge is 0.501 e. The molecule has 4 heteroatoms. The zero-order valence-electron chi connectivity index (χ0n) is 6.59. The van der Waals surface area contributed by atoms with E-state index in [1.807, 2.05) is 0 Å². The summed E-state index contributed by atoms with van der Waals surface area (Å²) >= 11 is 0. The van der Waals surface area contributed by atoms with Crippen LogP contribution in [0.4, 0.5) is 0 Å². The van der Waals surface area contributed by atoms with Gasteiger partial charge in [0.25, 0.3) is 0 Å². The third kappa shape index (κ3) is 3.83. The number of ether oxygens (including phenoxy) is 1. The van der Waals surface area contributed by atoms with E-state index in [9.17, 15) is 0 Å². The van der Waals surface area contributed by atoms with Crippen molar-refractivity contribution in [3.05, 3.63) is 12.3 Å². The van der Waals surface area contributed by atoms with Crippen molar-refractivity contribution >= 4 is 8.38 Å². The molecule has 0 aromatic carbocycles. The molecule has 10 heavy (non-hydrogen) atoms. The Bertz CT molecular complexity index is 101. The lowest BCUT2D eigenvalue weighted by molar-refractivity contribution is 0.285. The Morgan fingerprint density at radius 2 is 1.80 bits per heavy atom. The summed E-state index contributed by atoms with van der Waals surface area (Å²) in [4.78, 5) is 0. The first-order valence-corrected chi connectivity index (χ1v) is 4.18. The predicted molar refractivity (Wildman–Crippen MR) is 42.0 cm³/mol. The van der Waals surface area contributed by atoms with Gasteiger partial charge >= 0.3 is 0 Å². The van der Waals surface area contributed by atoms with Gasteiger partial charge in [-0.05, 0) is 0 Å². The van der Waals surface area contributed by atoms with Crippen LogP contribution in [0.3, 0.4) is 0 Å². The van der Waals surface area contributed by atoms with E-state index in [0.29, 0.717) is 11.9 Å². The minimum absolute atomic E-state index is 0.638. The highest BCUT2D eigenvalue weighted by molar-refractivity contribution is 7.47. The van der Waals surface area contributed by atoms with E-state index in [4.69, 9.17) is 13.8 Å². The molecule has 0 fully saturated rings. The van der Waals surface area contributed by atoms with Crippen molar-refractivity contribution < 1.29 is 13.8 Å². The molecule has 0 aliphatic rings. The third-order valence-corrected chi connectivity index (χ3v) is 2.43. The summed E-state index contributed by atoms with van der Waals surface area (Å²) in [7, 11) is 3.98. The topological polar surface area (TPSA) is 27.7 Å². The summed E-state index contributed by atoms with van der Waals surface area (Å²) in [6.45, 7) is 3.64. The van der Waals surface area contributed by atoms with Crippen LogP contribution in [0.5, 0.6) is 0 Å². The van der Waals surface area contributed by atoms with E-state index < -0.39 is 8.38 Å². The van der Waals surface area contributed by atoms with Crippen molar-refractivity contribution in [2.75, 3.05) is 27.5 Å². The average Bonchev–Trinajstić information content (AvgIpc) is 1.99. The van der Waals surface area contributed by atoms with Crippen molar-refractivity contribution in [1.29, 1.82) is 0 Å². The number of hydrogen-bond donors (Lipinski definition) is 0. The van der Waals surface area contributed by atoms with Crippen molar-refractivity contribution in [3.8, 4) is 0 Å². The quantitative estimate of drug-likeness (QED) is 0.457. The van der Waals surface area contributed by atoms with Gasteiger partial charge in [0.2, 0.25) is 0 Å². The normalized spacial score (nSPS) is 10.0. The number of methoxy groups -OCH3 is 1. The monoisotopic (exact) mass is 164 g/mol. The second kappa shape index (κ2) is 5.66. The van der Waals surface area contributed by atoms with Gasteiger partial charge in [0, 0.05) is 14.2 Å². The molecular formula is C6H13O3P. The van der Waals surface area contributed by atoms with Gasteiger partial charge in [-0.3, -0.25) is 0 Å². The molecule has 0 amide bonds. The first kappa shape index (κ1) is 9.89. The summed E-state index contributed by atoms with van der Waals surface area (Å²) in [5.41, 5.74) is 0. The lowest BCUT2D eigenvalue weighted by Crippen LogP contribution is -1.93. The number of hydrogen-bond acceptors (Lipinski definition) is 3. The fraction of sp³-hybridized carbons (Fsp3) is 0.667. The maximum absolute atomic E-state index is 4.97. The Balaban J connectivity index is 3.52. The first-order chi connectivity index (χ1) is 4.74. The van der Waals surface area contributed by atoms with Gasteiger partial charge in [-0.1, -0.05) is 6.58 Å². The van der Waals surface area contributed by atoms with Crippen LogP contribution in [0.25, 0.3) is 0 Å². The van der Waals surface area contributed by atoms with Crippen molar-refractivity contribution in [1.82, 2.24) is 0 Å². The predicted octanol–water partition coefficient (Wildman–Crippen LogP) is 1.75. The maximum atomic E-state index is 4.97. The highest BCUT2D eigenvalue weighted by atomic mass is 31.2.